The first kappa shape index (κ1) is 24.0. The van der Waals surface area contributed by atoms with Crippen LogP contribution in [0.4, 0.5) is 0 Å². The Hall–Kier alpha value is -3.67. The van der Waals surface area contributed by atoms with Gasteiger partial charge in [0.2, 0.25) is 0 Å². The van der Waals surface area contributed by atoms with Gasteiger partial charge in [0, 0.05) is 23.3 Å². The summed E-state index contributed by atoms with van der Waals surface area (Å²) in [5.74, 6) is 2.10. The van der Waals surface area contributed by atoms with Crippen molar-refractivity contribution in [3.63, 3.8) is 0 Å². The van der Waals surface area contributed by atoms with Gasteiger partial charge in [0.05, 0.1) is 21.3 Å². The van der Waals surface area contributed by atoms with Crippen LogP contribution < -0.4 is 18.9 Å². The smallest absolute Gasteiger partial charge is 0.165 e. The summed E-state index contributed by atoms with van der Waals surface area (Å²) in [4.78, 5) is 11.8. The Kier molecular flexibility index (Phi) is 7.16. The van der Waals surface area contributed by atoms with E-state index in [0.717, 1.165) is 17.4 Å². The van der Waals surface area contributed by atoms with E-state index in [2.05, 4.69) is 20.8 Å². The molecule has 0 unspecified atom stereocenters. The lowest BCUT2D eigenvalue weighted by Crippen LogP contribution is -2.11. The number of phenolic OH excluding ortho intramolecular Hbond substituents is 1. The van der Waals surface area contributed by atoms with Crippen LogP contribution >= 0.6 is 0 Å². The SMILES string of the molecule is COc1cc(COc2cc(O)c(-c3ccc(C(C)(C)C)cc3C=O)cc2OC)cc(OC)c1. The maximum Gasteiger partial charge on any atom is 0.165 e. The van der Waals surface area contributed by atoms with Gasteiger partial charge in [-0.3, -0.25) is 4.79 Å². The molecular weight excluding hydrogens is 420 g/mol. The Morgan fingerprint density at radius 2 is 1.48 bits per heavy atom. The fraction of sp³-hybridized carbons (Fsp3) is 0.296. The van der Waals surface area contributed by atoms with Crippen LogP contribution in [0.15, 0.2) is 48.5 Å². The quantitative estimate of drug-likeness (QED) is 0.439. The van der Waals surface area contributed by atoms with Crippen molar-refractivity contribution >= 4 is 6.29 Å². The molecule has 6 nitrogen and oxygen atoms in total. The van der Waals surface area contributed by atoms with Crippen molar-refractivity contribution in [2.24, 2.45) is 0 Å². The second kappa shape index (κ2) is 9.86. The van der Waals surface area contributed by atoms with Crippen molar-refractivity contribution in [1.29, 1.82) is 0 Å². The van der Waals surface area contributed by atoms with E-state index in [4.69, 9.17) is 18.9 Å². The molecule has 3 rings (SSSR count). The third kappa shape index (κ3) is 5.40. The van der Waals surface area contributed by atoms with Crippen molar-refractivity contribution in [3.8, 4) is 39.9 Å². The van der Waals surface area contributed by atoms with Crippen LogP contribution in [-0.2, 0) is 12.0 Å². The molecule has 0 spiro atoms. The van der Waals surface area contributed by atoms with Gasteiger partial charge < -0.3 is 24.1 Å². The Morgan fingerprint density at radius 3 is 2.03 bits per heavy atom. The largest absolute Gasteiger partial charge is 0.507 e. The maximum atomic E-state index is 11.8. The fourth-order valence-corrected chi connectivity index (χ4v) is 3.52. The van der Waals surface area contributed by atoms with Crippen LogP contribution in [0.2, 0.25) is 0 Å². The van der Waals surface area contributed by atoms with Crippen molar-refractivity contribution in [2.75, 3.05) is 21.3 Å². The number of hydrogen-bond donors (Lipinski definition) is 1. The third-order valence-corrected chi connectivity index (χ3v) is 5.42. The predicted octanol–water partition coefficient (Wildman–Crippen LogP) is 5.77. The fourth-order valence-electron chi connectivity index (χ4n) is 3.52. The summed E-state index contributed by atoms with van der Waals surface area (Å²) in [5, 5.41) is 10.8. The number of phenols is 1. The molecule has 0 amide bonds. The predicted molar refractivity (Wildman–Crippen MR) is 128 cm³/mol. The summed E-state index contributed by atoms with van der Waals surface area (Å²) in [6, 6.07) is 14.3. The van der Waals surface area contributed by atoms with Crippen molar-refractivity contribution < 1.29 is 28.8 Å². The number of ether oxygens (including phenoxy) is 4. The van der Waals surface area contributed by atoms with Crippen LogP contribution in [0.1, 0.15) is 42.3 Å². The molecule has 0 aromatic heterocycles. The maximum absolute atomic E-state index is 11.8. The number of methoxy groups -OCH3 is 3. The molecule has 0 bridgehead atoms. The Labute approximate surface area is 194 Å². The summed E-state index contributed by atoms with van der Waals surface area (Å²) >= 11 is 0. The second-order valence-corrected chi connectivity index (χ2v) is 8.70. The topological polar surface area (TPSA) is 74.2 Å². The normalized spacial score (nSPS) is 11.1. The zero-order valence-electron chi connectivity index (χ0n) is 19.9. The second-order valence-electron chi connectivity index (χ2n) is 8.70. The molecule has 0 aliphatic carbocycles. The minimum Gasteiger partial charge on any atom is -0.507 e. The zero-order valence-corrected chi connectivity index (χ0v) is 19.9. The van der Waals surface area contributed by atoms with E-state index in [9.17, 15) is 9.90 Å². The Balaban J connectivity index is 1.95. The van der Waals surface area contributed by atoms with Crippen LogP contribution in [-0.4, -0.2) is 32.7 Å². The molecular formula is C27H30O6. The number of hydrogen-bond acceptors (Lipinski definition) is 6. The molecule has 0 aliphatic heterocycles. The average molecular weight is 451 g/mol. The molecule has 33 heavy (non-hydrogen) atoms. The highest BCUT2D eigenvalue weighted by atomic mass is 16.5. The molecule has 0 saturated heterocycles. The standard InChI is InChI=1S/C27H30O6/c1-27(2,3)19-7-8-22(18(11-19)15-28)23-13-25(32-6)26(14-24(23)29)33-16-17-9-20(30-4)12-21(10-17)31-5/h7-15,29H,16H2,1-6H3. The molecule has 0 fully saturated rings. The van der Waals surface area contributed by atoms with Gasteiger partial charge in [0.1, 0.15) is 23.9 Å². The summed E-state index contributed by atoms with van der Waals surface area (Å²) in [6.07, 6.45) is 0.803. The van der Waals surface area contributed by atoms with Gasteiger partial charge in [-0.05, 0) is 46.4 Å². The Bertz CT molecular complexity index is 1120. The molecule has 174 valence electrons. The number of benzene rings is 3. The van der Waals surface area contributed by atoms with Crippen LogP contribution in [0.25, 0.3) is 11.1 Å². The summed E-state index contributed by atoms with van der Waals surface area (Å²) < 4.78 is 22.1. The highest BCUT2D eigenvalue weighted by Crippen LogP contribution is 2.41. The Morgan fingerprint density at radius 1 is 0.818 bits per heavy atom. The molecule has 6 heteroatoms. The first-order chi connectivity index (χ1) is 15.7. The van der Waals surface area contributed by atoms with Crippen molar-refractivity contribution in [1.82, 2.24) is 0 Å². The monoisotopic (exact) mass is 450 g/mol. The molecule has 0 atom stereocenters. The van der Waals surface area contributed by atoms with Gasteiger partial charge in [-0.25, -0.2) is 0 Å². The van der Waals surface area contributed by atoms with Gasteiger partial charge in [0.15, 0.2) is 17.8 Å². The number of aromatic hydroxyl groups is 1. The third-order valence-electron chi connectivity index (χ3n) is 5.42. The highest BCUT2D eigenvalue weighted by molar-refractivity contribution is 5.90. The van der Waals surface area contributed by atoms with Crippen molar-refractivity contribution in [3.05, 3.63) is 65.2 Å². The molecule has 1 N–H and O–H groups in total. The van der Waals surface area contributed by atoms with E-state index in [1.54, 1.807) is 26.4 Å². The lowest BCUT2D eigenvalue weighted by Gasteiger charge is -2.21. The van der Waals surface area contributed by atoms with Gasteiger partial charge in [-0.15, -0.1) is 0 Å². The van der Waals surface area contributed by atoms with Crippen molar-refractivity contribution in [2.45, 2.75) is 32.8 Å². The first-order valence-corrected chi connectivity index (χ1v) is 10.6. The molecule has 3 aromatic rings. The van der Waals surface area contributed by atoms with Gasteiger partial charge in [0.25, 0.3) is 0 Å². The van der Waals surface area contributed by atoms with E-state index in [-0.39, 0.29) is 17.8 Å². The van der Waals surface area contributed by atoms with Crippen LogP contribution in [0.3, 0.4) is 0 Å². The van der Waals surface area contributed by atoms with Crippen LogP contribution in [0.5, 0.6) is 28.7 Å². The van der Waals surface area contributed by atoms with Gasteiger partial charge in [-0.1, -0.05) is 32.9 Å². The van der Waals surface area contributed by atoms with E-state index >= 15 is 0 Å². The summed E-state index contributed by atoms with van der Waals surface area (Å²) in [6.45, 7) is 6.46. The molecule has 0 aliphatic rings. The minimum absolute atomic E-state index is 0.0133. The average Bonchev–Trinajstić information content (AvgIpc) is 2.81. The zero-order chi connectivity index (χ0) is 24.2. The first-order valence-electron chi connectivity index (χ1n) is 10.6. The van der Waals surface area contributed by atoms with Crippen LogP contribution in [0, 0.1) is 0 Å². The van der Waals surface area contributed by atoms with E-state index in [1.165, 1.54) is 13.2 Å². The summed E-state index contributed by atoms with van der Waals surface area (Å²) in [5.41, 5.74) is 3.38. The van der Waals surface area contributed by atoms with E-state index in [1.807, 2.05) is 30.3 Å². The van der Waals surface area contributed by atoms with Gasteiger partial charge in [-0.2, -0.15) is 0 Å². The lowest BCUT2D eigenvalue weighted by atomic mass is 9.84. The number of rotatable bonds is 8. The number of carbonyl (C=O) groups excluding carboxylic acids is 1. The summed E-state index contributed by atoms with van der Waals surface area (Å²) in [7, 11) is 4.70. The lowest BCUT2D eigenvalue weighted by molar-refractivity contribution is 0.112. The van der Waals surface area contributed by atoms with E-state index in [0.29, 0.717) is 39.7 Å². The molecule has 0 heterocycles. The molecule has 0 radical (unpaired) electrons. The minimum atomic E-state index is -0.101. The number of aldehydes is 1. The van der Waals surface area contributed by atoms with E-state index < -0.39 is 0 Å². The molecule has 3 aromatic carbocycles. The molecule has 0 saturated carbocycles. The van der Waals surface area contributed by atoms with Gasteiger partial charge >= 0.3 is 0 Å². The highest BCUT2D eigenvalue weighted by Gasteiger charge is 2.19. The number of carbonyl (C=O) groups is 1.